The first-order valence-electron chi connectivity index (χ1n) is 8.97. The fraction of sp³-hybridized carbons (Fsp3) is 0.381. The number of hydrogen-bond acceptors (Lipinski definition) is 4. The molecule has 0 aliphatic carbocycles. The summed E-state index contributed by atoms with van der Waals surface area (Å²) < 4.78 is 27.3. The minimum atomic E-state index is -3.79. The van der Waals surface area contributed by atoms with E-state index in [1.54, 1.807) is 19.1 Å². The summed E-state index contributed by atoms with van der Waals surface area (Å²) in [4.78, 5) is 13.6. The maximum absolute atomic E-state index is 13.1. The number of benzene rings is 2. The standard InChI is InChI=1S/C21H28N2O3S2/c1-15-11-12-16(21(2,3)4)13-19(15)28(25,26)23(5)14-20(24)22-17-9-7-8-10-18(17)27-6/h7-13H,14H2,1-6H3,(H,22,24). The molecule has 1 N–H and O–H groups in total. The van der Waals surface area contributed by atoms with Crippen molar-refractivity contribution in [1.82, 2.24) is 4.31 Å². The van der Waals surface area contributed by atoms with Crippen LogP contribution in [0.4, 0.5) is 5.69 Å². The molecule has 0 atom stereocenters. The highest BCUT2D eigenvalue weighted by Gasteiger charge is 2.26. The average molecular weight is 421 g/mol. The highest BCUT2D eigenvalue weighted by atomic mass is 32.2. The fourth-order valence-corrected chi connectivity index (χ4v) is 4.66. The molecule has 2 aromatic carbocycles. The summed E-state index contributed by atoms with van der Waals surface area (Å²) in [7, 11) is -2.36. The first-order valence-corrected chi connectivity index (χ1v) is 11.6. The van der Waals surface area contributed by atoms with Gasteiger partial charge in [-0.25, -0.2) is 8.42 Å². The van der Waals surface area contributed by atoms with Gasteiger partial charge in [0.1, 0.15) is 0 Å². The van der Waals surface area contributed by atoms with Gasteiger partial charge < -0.3 is 5.32 Å². The van der Waals surface area contributed by atoms with Crippen LogP contribution in [0.5, 0.6) is 0 Å². The number of sulfonamides is 1. The van der Waals surface area contributed by atoms with Gasteiger partial charge in [-0.05, 0) is 47.9 Å². The molecule has 2 rings (SSSR count). The molecular formula is C21H28N2O3S2. The number of rotatable bonds is 6. The van der Waals surface area contributed by atoms with Gasteiger partial charge in [0.25, 0.3) is 0 Å². The number of hydrogen-bond donors (Lipinski definition) is 1. The van der Waals surface area contributed by atoms with E-state index in [0.717, 1.165) is 14.8 Å². The van der Waals surface area contributed by atoms with E-state index in [0.29, 0.717) is 11.3 Å². The molecule has 7 heteroatoms. The van der Waals surface area contributed by atoms with Crippen LogP contribution < -0.4 is 5.32 Å². The van der Waals surface area contributed by atoms with Gasteiger partial charge in [0.15, 0.2) is 0 Å². The molecule has 152 valence electrons. The van der Waals surface area contributed by atoms with Gasteiger partial charge in [0.05, 0.1) is 17.1 Å². The first-order chi connectivity index (χ1) is 13.0. The van der Waals surface area contributed by atoms with Crippen LogP contribution in [0.3, 0.4) is 0 Å². The van der Waals surface area contributed by atoms with E-state index in [-0.39, 0.29) is 22.8 Å². The van der Waals surface area contributed by atoms with Crippen LogP contribution >= 0.6 is 11.8 Å². The van der Waals surface area contributed by atoms with Gasteiger partial charge in [0.2, 0.25) is 15.9 Å². The molecule has 1 amide bonds. The zero-order valence-corrected chi connectivity index (χ0v) is 18.9. The lowest BCUT2D eigenvalue weighted by molar-refractivity contribution is -0.116. The second-order valence-corrected chi connectivity index (χ2v) is 10.6. The maximum Gasteiger partial charge on any atom is 0.243 e. The maximum atomic E-state index is 13.1. The summed E-state index contributed by atoms with van der Waals surface area (Å²) in [6.45, 7) is 7.61. The molecule has 2 aromatic rings. The van der Waals surface area contributed by atoms with Gasteiger partial charge in [-0.15, -0.1) is 11.8 Å². The van der Waals surface area contributed by atoms with Gasteiger partial charge in [-0.3, -0.25) is 4.79 Å². The number of nitrogens with zero attached hydrogens (tertiary/aromatic N) is 1. The number of para-hydroxylation sites is 1. The zero-order valence-electron chi connectivity index (χ0n) is 17.2. The monoisotopic (exact) mass is 420 g/mol. The summed E-state index contributed by atoms with van der Waals surface area (Å²) in [5, 5.41) is 2.80. The van der Waals surface area contributed by atoms with Crippen molar-refractivity contribution in [3.05, 3.63) is 53.6 Å². The predicted molar refractivity (Wildman–Crippen MR) is 117 cm³/mol. The van der Waals surface area contributed by atoms with E-state index >= 15 is 0 Å². The normalized spacial score (nSPS) is 12.2. The van der Waals surface area contributed by atoms with Crippen LogP contribution in [-0.2, 0) is 20.2 Å². The van der Waals surface area contributed by atoms with Crippen LogP contribution in [0.2, 0.25) is 0 Å². The molecule has 0 aliphatic rings. The molecule has 0 radical (unpaired) electrons. The van der Waals surface area contributed by atoms with E-state index in [4.69, 9.17) is 0 Å². The SMILES string of the molecule is CSc1ccccc1NC(=O)CN(C)S(=O)(=O)c1cc(C(C)(C)C)ccc1C. The quantitative estimate of drug-likeness (QED) is 0.709. The molecule has 0 bridgehead atoms. The van der Waals surface area contributed by atoms with Crippen molar-refractivity contribution in [2.45, 2.75) is 42.9 Å². The number of carbonyl (C=O) groups is 1. The van der Waals surface area contributed by atoms with E-state index in [1.807, 2.05) is 57.4 Å². The first kappa shape index (κ1) is 22.5. The minimum absolute atomic E-state index is 0.171. The predicted octanol–water partition coefficient (Wildman–Crippen LogP) is 4.27. The Morgan fingerprint density at radius 2 is 1.79 bits per heavy atom. The number of nitrogens with one attached hydrogen (secondary N) is 1. The molecule has 0 fully saturated rings. The Kier molecular flexibility index (Phi) is 6.96. The fourth-order valence-electron chi connectivity index (χ4n) is 2.74. The van der Waals surface area contributed by atoms with Crippen molar-refractivity contribution in [2.24, 2.45) is 0 Å². The molecule has 0 aliphatic heterocycles. The van der Waals surface area contributed by atoms with Crippen molar-refractivity contribution in [2.75, 3.05) is 25.2 Å². The van der Waals surface area contributed by atoms with Crippen molar-refractivity contribution in [3.63, 3.8) is 0 Å². The molecule has 0 saturated heterocycles. The molecule has 0 aromatic heterocycles. The second kappa shape index (κ2) is 8.68. The summed E-state index contributed by atoms with van der Waals surface area (Å²) in [5.41, 5.74) is 2.10. The van der Waals surface area contributed by atoms with E-state index in [2.05, 4.69) is 5.32 Å². The third-order valence-corrected chi connectivity index (χ3v) is 7.23. The molecule has 0 heterocycles. The lowest BCUT2D eigenvalue weighted by Crippen LogP contribution is -2.35. The number of anilines is 1. The van der Waals surface area contributed by atoms with Gasteiger partial charge in [0, 0.05) is 11.9 Å². The van der Waals surface area contributed by atoms with Gasteiger partial charge in [-0.1, -0.05) is 45.0 Å². The molecule has 0 unspecified atom stereocenters. The van der Waals surface area contributed by atoms with Crippen LogP contribution in [0, 0.1) is 6.92 Å². The lowest BCUT2D eigenvalue weighted by atomic mass is 9.87. The Labute approximate surface area is 172 Å². The van der Waals surface area contributed by atoms with Crippen molar-refractivity contribution in [1.29, 1.82) is 0 Å². The van der Waals surface area contributed by atoms with E-state index in [9.17, 15) is 13.2 Å². The number of likely N-dealkylation sites (N-methyl/N-ethyl adjacent to an activating group) is 1. The van der Waals surface area contributed by atoms with Crippen LogP contribution in [-0.4, -0.2) is 38.5 Å². The number of thioether (sulfide) groups is 1. The Morgan fingerprint density at radius 1 is 1.14 bits per heavy atom. The molecule has 28 heavy (non-hydrogen) atoms. The van der Waals surface area contributed by atoms with Crippen molar-refractivity contribution in [3.8, 4) is 0 Å². The average Bonchev–Trinajstić information content (AvgIpc) is 2.61. The summed E-state index contributed by atoms with van der Waals surface area (Å²) >= 11 is 1.52. The van der Waals surface area contributed by atoms with Crippen LogP contribution in [0.25, 0.3) is 0 Å². The Balaban J connectivity index is 2.23. The Hall–Kier alpha value is -1.83. The highest BCUT2D eigenvalue weighted by molar-refractivity contribution is 7.98. The number of aryl methyl sites for hydroxylation is 1. The van der Waals surface area contributed by atoms with Crippen molar-refractivity contribution >= 4 is 33.4 Å². The van der Waals surface area contributed by atoms with Gasteiger partial charge in [-0.2, -0.15) is 4.31 Å². The molecule has 0 spiro atoms. The molecular weight excluding hydrogens is 392 g/mol. The van der Waals surface area contributed by atoms with Crippen LogP contribution in [0.1, 0.15) is 31.9 Å². The highest BCUT2D eigenvalue weighted by Crippen LogP contribution is 2.28. The second-order valence-electron chi connectivity index (χ2n) is 7.74. The summed E-state index contributed by atoms with van der Waals surface area (Å²) in [6.07, 6.45) is 1.92. The Morgan fingerprint density at radius 3 is 2.39 bits per heavy atom. The summed E-state index contributed by atoms with van der Waals surface area (Å²) in [6, 6.07) is 12.9. The van der Waals surface area contributed by atoms with Gasteiger partial charge >= 0.3 is 0 Å². The van der Waals surface area contributed by atoms with Crippen LogP contribution in [0.15, 0.2) is 52.3 Å². The summed E-state index contributed by atoms with van der Waals surface area (Å²) in [5.74, 6) is -0.378. The minimum Gasteiger partial charge on any atom is -0.324 e. The lowest BCUT2D eigenvalue weighted by Gasteiger charge is -2.23. The third-order valence-electron chi connectivity index (χ3n) is 4.49. The number of carbonyl (C=O) groups excluding carboxylic acids is 1. The number of amides is 1. The topological polar surface area (TPSA) is 66.5 Å². The van der Waals surface area contributed by atoms with E-state index in [1.165, 1.54) is 18.8 Å². The van der Waals surface area contributed by atoms with E-state index < -0.39 is 10.0 Å². The Bertz CT molecular complexity index is 964. The third kappa shape index (κ3) is 5.16. The molecule has 5 nitrogen and oxygen atoms in total. The molecule has 0 saturated carbocycles. The van der Waals surface area contributed by atoms with Crippen molar-refractivity contribution < 1.29 is 13.2 Å². The largest absolute Gasteiger partial charge is 0.324 e. The zero-order chi connectivity index (χ0) is 21.1. The smallest absolute Gasteiger partial charge is 0.243 e.